The molecule has 1 aliphatic heterocycles. The van der Waals surface area contributed by atoms with Crippen LogP contribution in [-0.4, -0.2) is 34.3 Å². The quantitative estimate of drug-likeness (QED) is 0.717. The molecule has 0 radical (unpaired) electrons. The Morgan fingerprint density at radius 3 is 2.22 bits per heavy atom. The van der Waals surface area contributed by atoms with Gasteiger partial charge in [-0.2, -0.15) is 0 Å². The topological polar surface area (TPSA) is 59.0 Å². The Morgan fingerprint density at radius 1 is 1.15 bits per heavy atom. The van der Waals surface area contributed by atoms with Gasteiger partial charge in [0, 0.05) is 0 Å². The second-order valence-electron chi connectivity index (χ2n) is 8.50. The minimum Gasteiger partial charge on any atom is -0.443 e. The monoisotopic (exact) mass is 370 g/mol. The number of carbonyl (C=O) groups is 2. The maximum absolute atomic E-state index is 13.1. The molecule has 0 saturated carbocycles. The fraction of sp³-hybridized carbons (Fsp3) is 0.500. The minimum absolute atomic E-state index is 0.0129. The maximum atomic E-state index is 13.1. The molecule has 1 aromatic rings. The van der Waals surface area contributed by atoms with Gasteiger partial charge < -0.3 is 4.74 Å². The third-order valence-electron chi connectivity index (χ3n) is 4.02. The number of nitrogens with zero attached hydrogens (tertiary/aromatic N) is 2. The van der Waals surface area contributed by atoms with E-state index in [-0.39, 0.29) is 17.5 Å². The molecule has 27 heavy (non-hydrogen) atoms. The number of aliphatic imine (C=N–C) groups is 1. The van der Waals surface area contributed by atoms with Crippen LogP contribution in [-0.2, 0) is 9.53 Å². The number of hydrogen-bond donors (Lipinski definition) is 0. The van der Waals surface area contributed by atoms with Gasteiger partial charge in [0.2, 0.25) is 0 Å². The van der Waals surface area contributed by atoms with E-state index in [4.69, 9.17) is 4.74 Å². The summed E-state index contributed by atoms with van der Waals surface area (Å²) < 4.78 is 5.55. The first-order valence-corrected chi connectivity index (χ1v) is 9.43. The summed E-state index contributed by atoms with van der Waals surface area (Å²) in [5.41, 5.74) is 1.20. The van der Waals surface area contributed by atoms with E-state index in [0.29, 0.717) is 5.71 Å². The van der Waals surface area contributed by atoms with Crippen molar-refractivity contribution >= 4 is 17.7 Å². The third-order valence-corrected chi connectivity index (χ3v) is 4.02. The highest BCUT2D eigenvalue weighted by Gasteiger charge is 2.42. The molecule has 2 amide bonds. The van der Waals surface area contributed by atoms with Gasteiger partial charge in [0.1, 0.15) is 11.3 Å². The van der Waals surface area contributed by atoms with Crippen LogP contribution < -0.4 is 0 Å². The molecule has 5 heteroatoms. The molecule has 0 spiro atoms. The van der Waals surface area contributed by atoms with Crippen molar-refractivity contribution in [2.24, 2.45) is 16.8 Å². The summed E-state index contributed by atoms with van der Waals surface area (Å²) in [5.74, 6) is -0.293. The first kappa shape index (κ1) is 20.9. The number of ether oxygens (including phenoxy) is 1. The van der Waals surface area contributed by atoms with E-state index in [0.717, 1.165) is 5.56 Å². The van der Waals surface area contributed by atoms with E-state index in [9.17, 15) is 9.59 Å². The standard InChI is InChI=1S/C22H30N2O3/c1-14(2)13-17-20(25)24(21(26)27-22(5,6)7)19(15(3)4)18(23-17)16-11-9-8-10-12-16/h8-15,19H,1-7H3/b17-13-/t19-/m0/s1. The Labute approximate surface area is 162 Å². The molecule has 0 aliphatic carbocycles. The molecular weight excluding hydrogens is 340 g/mol. The van der Waals surface area contributed by atoms with Crippen molar-refractivity contribution in [2.45, 2.75) is 60.1 Å². The number of allylic oxidation sites excluding steroid dienone is 1. The smallest absolute Gasteiger partial charge is 0.418 e. The van der Waals surface area contributed by atoms with E-state index >= 15 is 0 Å². The number of rotatable bonds is 3. The largest absolute Gasteiger partial charge is 0.443 e. The summed E-state index contributed by atoms with van der Waals surface area (Å²) in [4.78, 5) is 32.0. The first-order chi connectivity index (χ1) is 12.5. The van der Waals surface area contributed by atoms with Crippen LogP contribution in [0.5, 0.6) is 0 Å². The molecule has 146 valence electrons. The zero-order valence-corrected chi connectivity index (χ0v) is 17.3. The van der Waals surface area contributed by atoms with Crippen molar-refractivity contribution in [3.05, 3.63) is 47.7 Å². The van der Waals surface area contributed by atoms with Crippen molar-refractivity contribution in [1.82, 2.24) is 4.90 Å². The summed E-state index contributed by atoms with van der Waals surface area (Å²) in [7, 11) is 0. The highest BCUT2D eigenvalue weighted by atomic mass is 16.6. The molecule has 0 unspecified atom stereocenters. The van der Waals surface area contributed by atoms with Gasteiger partial charge in [-0.15, -0.1) is 0 Å². The number of imide groups is 1. The minimum atomic E-state index is -0.692. The van der Waals surface area contributed by atoms with Gasteiger partial charge in [0.15, 0.2) is 0 Å². The number of benzene rings is 1. The molecule has 1 aliphatic rings. The third kappa shape index (κ3) is 5.06. The van der Waals surface area contributed by atoms with E-state index in [2.05, 4.69) is 4.99 Å². The van der Waals surface area contributed by atoms with Crippen LogP contribution in [0.1, 0.15) is 54.0 Å². The Balaban J connectivity index is 2.63. The molecule has 0 bridgehead atoms. The zero-order chi connectivity index (χ0) is 20.4. The van der Waals surface area contributed by atoms with Gasteiger partial charge in [0.25, 0.3) is 5.91 Å². The lowest BCUT2D eigenvalue weighted by Crippen LogP contribution is -2.55. The molecule has 0 fully saturated rings. The van der Waals surface area contributed by atoms with E-state index in [1.165, 1.54) is 4.90 Å². The van der Waals surface area contributed by atoms with Crippen LogP contribution >= 0.6 is 0 Å². The van der Waals surface area contributed by atoms with Crippen LogP contribution in [0.4, 0.5) is 4.79 Å². The van der Waals surface area contributed by atoms with Crippen LogP contribution in [0.15, 0.2) is 47.1 Å². The predicted molar refractivity (Wildman–Crippen MR) is 108 cm³/mol. The Kier molecular flexibility index (Phi) is 6.24. The van der Waals surface area contributed by atoms with E-state index < -0.39 is 23.6 Å². The highest BCUT2D eigenvalue weighted by molar-refractivity contribution is 6.16. The molecule has 1 atom stereocenters. The lowest BCUT2D eigenvalue weighted by atomic mass is 9.90. The van der Waals surface area contributed by atoms with Crippen LogP contribution in [0, 0.1) is 11.8 Å². The molecule has 5 nitrogen and oxygen atoms in total. The number of carbonyl (C=O) groups excluding carboxylic acids is 2. The lowest BCUT2D eigenvalue weighted by Gasteiger charge is -2.38. The molecule has 1 aromatic carbocycles. The van der Waals surface area contributed by atoms with Gasteiger partial charge in [0.05, 0.1) is 11.8 Å². The summed E-state index contributed by atoms with van der Waals surface area (Å²) in [6.45, 7) is 13.3. The first-order valence-electron chi connectivity index (χ1n) is 9.43. The van der Waals surface area contributed by atoms with Crippen LogP contribution in [0.2, 0.25) is 0 Å². The van der Waals surface area contributed by atoms with Gasteiger partial charge in [-0.3, -0.25) is 4.79 Å². The van der Waals surface area contributed by atoms with E-state index in [1.807, 2.05) is 58.0 Å². The van der Waals surface area contributed by atoms with Crippen LogP contribution in [0.3, 0.4) is 0 Å². The second-order valence-corrected chi connectivity index (χ2v) is 8.50. The van der Waals surface area contributed by atoms with Crippen molar-refractivity contribution < 1.29 is 14.3 Å². The Bertz CT molecular complexity index is 756. The average Bonchev–Trinajstić information content (AvgIpc) is 2.54. The fourth-order valence-electron chi connectivity index (χ4n) is 3.01. The van der Waals surface area contributed by atoms with Crippen molar-refractivity contribution in [3.63, 3.8) is 0 Å². The van der Waals surface area contributed by atoms with Crippen molar-refractivity contribution in [2.75, 3.05) is 0 Å². The summed E-state index contributed by atoms with van der Waals surface area (Å²) in [6.07, 6.45) is 1.16. The molecule has 0 N–H and O–H groups in total. The van der Waals surface area contributed by atoms with Gasteiger partial charge in [-0.05, 0) is 38.2 Å². The van der Waals surface area contributed by atoms with Gasteiger partial charge >= 0.3 is 6.09 Å². The van der Waals surface area contributed by atoms with Gasteiger partial charge in [-0.1, -0.05) is 64.1 Å². The van der Waals surface area contributed by atoms with E-state index in [1.54, 1.807) is 26.8 Å². The maximum Gasteiger partial charge on any atom is 0.418 e. The summed E-state index contributed by atoms with van der Waals surface area (Å²) in [6, 6.07) is 9.19. The van der Waals surface area contributed by atoms with Crippen molar-refractivity contribution in [1.29, 1.82) is 0 Å². The SMILES string of the molecule is CC(C)/C=C1\N=C(c2ccccc2)[C@H](C(C)C)N(C(=O)OC(C)(C)C)C1=O. The molecule has 0 saturated heterocycles. The Hall–Kier alpha value is -2.43. The van der Waals surface area contributed by atoms with Crippen molar-refractivity contribution in [3.8, 4) is 0 Å². The molecular formula is C22H30N2O3. The molecule has 2 rings (SSSR count). The Morgan fingerprint density at radius 2 is 1.74 bits per heavy atom. The van der Waals surface area contributed by atoms with Crippen LogP contribution in [0.25, 0.3) is 0 Å². The normalized spacial score (nSPS) is 19.7. The van der Waals surface area contributed by atoms with Gasteiger partial charge in [-0.25, -0.2) is 14.7 Å². The summed E-state index contributed by atoms with van der Waals surface area (Å²) in [5, 5.41) is 0. The average molecular weight is 370 g/mol. The molecule has 1 heterocycles. The predicted octanol–water partition coefficient (Wildman–Crippen LogP) is 4.82. The lowest BCUT2D eigenvalue weighted by molar-refractivity contribution is -0.128. The fourth-order valence-corrected chi connectivity index (χ4v) is 3.01. The highest BCUT2D eigenvalue weighted by Crippen LogP contribution is 2.28. The zero-order valence-electron chi connectivity index (χ0n) is 17.3. The number of hydrogen-bond acceptors (Lipinski definition) is 4. The molecule has 0 aromatic heterocycles. The number of amides is 2. The second kappa shape index (κ2) is 8.07. The summed E-state index contributed by atoms with van der Waals surface area (Å²) >= 11 is 0.